The number of ether oxygens (including phenoxy) is 3. The number of halogens is 4. The Morgan fingerprint density at radius 3 is 1.17 bits per heavy atom. The number of carbonyl (C=O) groups excluding carboxylic acids is 1. The maximum absolute atomic E-state index is 13.1. The number of benzene rings is 3. The SMILES string of the molecule is CN(CC(F)F)[C@@H]1CCC2=CC3=CC[C@]4(C)C(c5ccc6ccncc6c5)CC[C@H]4[C@@]34CC[C@]2(C1)O4.CN(CC(F)F)[C@H]1CCC2=CC3=CC[C@]4(C)C(c5ccc6ccncc6c5)CC[C@H]4[C@@]34CC[C@]2(C1)O4.C[C@]12CC=C3C=C4CCC(=O)C[C@]45CC[C@]3(O5)[C@@H]1CC[C@@H]2c1ccc2ccncc2c1. The van der Waals surface area contributed by atoms with Gasteiger partial charge in [0.15, 0.2) is 0 Å². The van der Waals surface area contributed by atoms with Crippen molar-refractivity contribution in [2.75, 3.05) is 27.2 Å². The van der Waals surface area contributed by atoms with E-state index in [1.54, 1.807) is 0 Å². The van der Waals surface area contributed by atoms with Crippen LogP contribution in [0.4, 0.5) is 17.6 Å². The van der Waals surface area contributed by atoms with Crippen LogP contribution in [-0.4, -0.2) is 116 Å². The summed E-state index contributed by atoms with van der Waals surface area (Å²) in [4.78, 5) is 29.2. The van der Waals surface area contributed by atoms with Crippen molar-refractivity contribution in [3.8, 4) is 0 Å². The van der Waals surface area contributed by atoms with Gasteiger partial charge < -0.3 is 14.2 Å². The van der Waals surface area contributed by atoms with Crippen LogP contribution >= 0.6 is 0 Å². The smallest absolute Gasteiger partial charge is 0.251 e. The number of nitrogens with zero attached hydrogens (tertiary/aromatic N) is 5. The highest BCUT2D eigenvalue weighted by Gasteiger charge is 2.70. The lowest BCUT2D eigenvalue weighted by Gasteiger charge is -2.55. The fourth-order valence-electron chi connectivity index (χ4n) is 26.1. The Balaban J connectivity index is 0.000000107. The van der Waals surface area contributed by atoms with Gasteiger partial charge in [-0.1, -0.05) is 93.6 Å². The molecule has 0 radical (unpaired) electrons. The van der Waals surface area contributed by atoms with Crippen molar-refractivity contribution in [2.45, 2.75) is 251 Å². The molecule has 9 aliphatic carbocycles. The number of pyridine rings is 3. The molecule has 3 aromatic carbocycles. The molecule has 0 amide bonds. The number of rotatable bonds is 9. The molecule has 17 atom stereocenters. The van der Waals surface area contributed by atoms with Crippen LogP contribution in [0.1, 0.15) is 209 Å². The molecule has 3 aromatic heterocycles. The number of alkyl halides is 4. The minimum absolute atomic E-state index is 0.150. The van der Waals surface area contributed by atoms with E-state index in [9.17, 15) is 22.4 Å². The Hall–Kier alpha value is -6.48. The number of hydrogen-bond donors (Lipinski definition) is 0. The van der Waals surface area contributed by atoms with Crippen LogP contribution in [0.25, 0.3) is 32.3 Å². The monoisotopic (exact) mass is 1390 g/mol. The van der Waals surface area contributed by atoms with E-state index < -0.39 is 12.9 Å². The molecule has 0 N–H and O–H groups in total. The van der Waals surface area contributed by atoms with E-state index in [4.69, 9.17) is 14.2 Å². The lowest BCUT2D eigenvalue weighted by atomic mass is 9.58. The van der Waals surface area contributed by atoms with Gasteiger partial charge in [0.05, 0.1) is 46.7 Å². The Labute approximate surface area is 605 Å². The normalized spacial score (nSPS) is 39.6. The first kappa shape index (κ1) is 67.1. The van der Waals surface area contributed by atoms with Gasteiger partial charge in [0.25, 0.3) is 12.9 Å². The summed E-state index contributed by atoms with van der Waals surface area (Å²) in [5.74, 6) is 3.40. The van der Waals surface area contributed by atoms with Crippen LogP contribution in [-0.2, 0) is 19.0 Å². The number of Topliss-reactive ketones (excluding diaryl/α,β-unsaturated/α-hetero) is 1. The highest BCUT2D eigenvalue weighted by molar-refractivity contribution is 5.85. The van der Waals surface area contributed by atoms with Gasteiger partial charge in [-0.25, -0.2) is 17.6 Å². The van der Waals surface area contributed by atoms with E-state index in [0.29, 0.717) is 54.1 Å². The summed E-state index contributed by atoms with van der Waals surface area (Å²) in [7, 11) is 3.72. The van der Waals surface area contributed by atoms with E-state index in [2.05, 4.69) is 145 Å². The van der Waals surface area contributed by atoms with Crippen molar-refractivity contribution in [3.05, 3.63) is 197 Å². The molecule has 21 rings (SSSR count). The zero-order chi connectivity index (χ0) is 70.3. The molecule has 2 unspecified atom stereocenters. The summed E-state index contributed by atoms with van der Waals surface area (Å²) in [5, 5.41) is 7.42. The van der Waals surface area contributed by atoms with Gasteiger partial charge >= 0.3 is 0 Å². The van der Waals surface area contributed by atoms with Crippen LogP contribution in [0.15, 0.2) is 180 Å². The maximum Gasteiger partial charge on any atom is 0.251 e. The molecule has 9 nitrogen and oxygen atoms in total. The Morgan fingerprint density at radius 2 is 0.796 bits per heavy atom. The third kappa shape index (κ3) is 10.2. The van der Waals surface area contributed by atoms with Crippen LogP contribution < -0.4 is 0 Å². The van der Waals surface area contributed by atoms with E-state index in [1.807, 2.05) is 61.1 Å². The van der Waals surface area contributed by atoms with Crippen LogP contribution in [0.5, 0.6) is 0 Å². The Kier molecular flexibility index (Phi) is 15.8. The van der Waals surface area contributed by atoms with E-state index in [-0.39, 0.29) is 75.0 Å². The maximum atomic E-state index is 13.1. The Bertz CT molecular complexity index is 4460. The van der Waals surface area contributed by atoms with Gasteiger partial charge in [0, 0.05) is 78.3 Å². The number of hydrogen-bond acceptors (Lipinski definition) is 9. The van der Waals surface area contributed by atoms with Gasteiger partial charge in [-0.05, 0) is 310 Å². The summed E-state index contributed by atoms with van der Waals surface area (Å²) in [6, 6.07) is 27.4. The fourth-order valence-corrected chi connectivity index (χ4v) is 26.1. The third-order valence-electron chi connectivity index (χ3n) is 31.1. The van der Waals surface area contributed by atoms with Crippen LogP contribution in [0.2, 0.25) is 0 Å². The molecule has 15 aliphatic rings. The highest BCUT2D eigenvalue weighted by atomic mass is 19.3. The number of fused-ring (bicyclic) bond motifs is 6. The molecular weight excluding hydrogens is 1290 g/mol. The molecule has 538 valence electrons. The summed E-state index contributed by atoms with van der Waals surface area (Å²) >= 11 is 0. The molecular formula is C90H101F4N5O4. The number of allylic oxidation sites excluding steroid dienone is 3. The quantitative estimate of drug-likeness (QED) is 0.131. The number of carbonyl (C=O) groups is 1. The fraction of sp³-hybridized carbons (Fsp3) is 0.556. The largest absolute Gasteiger partial charge is 0.359 e. The summed E-state index contributed by atoms with van der Waals surface area (Å²) < 4.78 is 74.3. The summed E-state index contributed by atoms with van der Waals surface area (Å²) in [6.45, 7) is 7.20. The molecule has 6 spiro atoms. The van der Waals surface area contributed by atoms with Gasteiger partial charge in [-0.2, -0.15) is 0 Å². The molecule has 9 heterocycles. The van der Waals surface area contributed by atoms with Gasteiger partial charge in [0.2, 0.25) is 0 Å². The van der Waals surface area contributed by atoms with E-state index >= 15 is 0 Å². The minimum atomic E-state index is -2.29. The molecule has 13 heteroatoms. The third-order valence-corrected chi connectivity index (χ3v) is 31.1. The standard InChI is InChI=1S/2C31H36F2N2O.C28H29NO2/c2*1-29-11-9-24-16-23-5-6-25(35(2)19-28(32)33)17-30(23)12-13-31(24,36-30)27(29)8-7-26(29)21-4-3-20-10-14-34-18-22(20)15-21;1-26-10-8-22-15-21-4-5-23(30)16-27(21)11-12-28(22,31-27)25(26)7-6-24(26)19-3-2-18-9-13-29-17-20(18)14-19/h2*3-4,9-10,14-16,18,25-28H,5-8,11-13,17,19H2,1-2H3;2-3,8-9,13-15,17,24-25H,4-7,10-12,16H2,1H3/t25-,26?,27+,29+,30+,31+;25-,26?,27-,29-,30-,31-;24-,25-,26-,27-,28-/m011/s1. The Morgan fingerprint density at radius 1 is 0.437 bits per heavy atom. The van der Waals surface area contributed by atoms with E-state index in [0.717, 1.165) is 103 Å². The van der Waals surface area contributed by atoms with Gasteiger partial charge in [-0.15, -0.1) is 0 Å². The predicted octanol–water partition coefficient (Wildman–Crippen LogP) is 20.1. The van der Waals surface area contributed by atoms with Gasteiger partial charge in [0.1, 0.15) is 5.78 Å². The molecule has 6 aliphatic heterocycles. The zero-order valence-electron chi connectivity index (χ0n) is 60.9. The first-order valence-corrected chi connectivity index (χ1v) is 39.5. The zero-order valence-corrected chi connectivity index (χ0v) is 60.9. The second kappa shape index (κ2) is 24.3. The van der Waals surface area contributed by atoms with Crippen molar-refractivity contribution in [1.29, 1.82) is 0 Å². The van der Waals surface area contributed by atoms with Crippen molar-refractivity contribution < 1.29 is 36.6 Å². The predicted molar refractivity (Wildman–Crippen MR) is 397 cm³/mol. The second-order valence-corrected chi connectivity index (χ2v) is 35.7. The molecule has 103 heavy (non-hydrogen) atoms. The molecule has 6 bridgehead atoms. The lowest BCUT2D eigenvalue weighted by molar-refractivity contribution is -0.146. The highest BCUT2D eigenvalue weighted by Crippen LogP contribution is 2.73. The van der Waals surface area contributed by atoms with Crippen molar-refractivity contribution in [3.63, 3.8) is 0 Å². The van der Waals surface area contributed by atoms with Crippen LogP contribution in [0.3, 0.4) is 0 Å². The molecule has 3 saturated heterocycles. The minimum Gasteiger partial charge on any atom is -0.359 e. The first-order chi connectivity index (χ1) is 49.7. The number of aromatic nitrogens is 3. The summed E-state index contributed by atoms with van der Waals surface area (Å²) in [6.07, 6.45) is 46.2. The topological polar surface area (TPSA) is 89.9 Å². The molecule has 9 fully saturated rings. The van der Waals surface area contributed by atoms with Crippen molar-refractivity contribution in [1.82, 2.24) is 24.8 Å². The second-order valence-electron chi connectivity index (χ2n) is 35.7. The lowest BCUT2D eigenvalue weighted by Crippen LogP contribution is -2.55. The molecule has 6 saturated carbocycles. The van der Waals surface area contributed by atoms with E-state index in [1.165, 1.54) is 121 Å². The molecule has 6 aromatic rings. The van der Waals surface area contributed by atoms with Crippen LogP contribution in [0, 0.1) is 34.0 Å². The van der Waals surface area contributed by atoms with Crippen molar-refractivity contribution in [2.24, 2.45) is 34.0 Å². The first-order valence-electron chi connectivity index (χ1n) is 39.5. The van der Waals surface area contributed by atoms with Gasteiger partial charge in [-0.3, -0.25) is 29.5 Å². The average molecular weight is 1390 g/mol. The summed E-state index contributed by atoms with van der Waals surface area (Å²) in [5.41, 5.74) is 11.9. The van der Waals surface area contributed by atoms with Crippen molar-refractivity contribution >= 4 is 38.1 Å². The number of ketones is 1. The average Bonchev–Trinajstić information content (AvgIpc) is 1.55.